The first-order valence-electron chi connectivity index (χ1n) is 7.98. The van der Waals surface area contributed by atoms with Gasteiger partial charge in [0.2, 0.25) is 11.6 Å². The van der Waals surface area contributed by atoms with Gasteiger partial charge in [0.05, 0.1) is 21.8 Å². The molecule has 1 heterocycles. The summed E-state index contributed by atoms with van der Waals surface area (Å²) in [5, 5.41) is 17.9. The number of benzene rings is 2. The molecule has 3 N–H and O–H groups in total. The Morgan fingerprint density at radius 3 is 2.56 bits per heavy atom. The second-order valence-electron chi connectivity index (χ2n) is 5.57. The Bertz CT molecular complexity index is 975. The molecular weight excluding hydrogens is 368 g/mol. The highest BCUT2D eigenvalue weighted by atomic mass is 32.2. The third kappa shape index (κ3) is 4.09. The summed E-state index contributed by atoms with van der Waals surface area (Å²) < 4.78 is 6.08. The van der Waals surface area contributed by atoms with Crippen molar-refractivity contribution in [3.63, 3.8) is 0 Å². The molecule has 2 aromatic carbocycles. The molecule has 9 heteroatoms. The van der Waals surface area contributed by atoms with Crippen LogP contribution in [0.5, 0.6) is 5.95 Å². The van der Waals surface area contributed by atoms with Crippen LogP contribution < -0.4 is 20.8 Å². The number of hydrogen-bond donors (Lipinski definition) is 2. The van der Waals surface area contributed by atoms with Crippen LogP contribution in [0.15, 0.2) is 64.1 Å². The molecule has 0 saturated carbocycles. The first-order valence-corrected chi connectivity index (χ1v) is 8.86. The monoisotopic (exact) mass is 384 g/mol. The third-order valence-corrected chi connectivity index (χ3v) is 4.81. The number of carbonyl (C=O) groups is 2. The van der Waals surface area contributed by atoms with Gasteiger partial charge in [0.1, 0.15) is 0 Å². The van der Waals surface area contributed by atoms with Gasteiger partial charge in [-0.25, -0.2) is 0 Å². The zero-order chi connectivity index (χ0) is 19.4. The standard InChI is InChI=1S/C18H16N4O4S/c1-11(16(24)20-14-10-6-5-9-13(14)15(19)23)27-17-18(25)26-21-22(17)12-7-3-2-4-8-12/h2-11H,1H3,(H3-,19,20,21,23,24,25). The van der Waals surface area contributed by atoms with Gasteiger partial charge < -0.3 is 20.7 Å². The average Bonchev–Trinajstić information content (AvgIpc) is 3.03. The van der Waals surface area contributed by atoms with Crippen molar-refractivity contribution in [2.45, 2.75) is 17.2 Å². The lowest BCUT2D eigenvalue weighted by atomic mass is 10.1. The van der Waals surface area contributed by atoms with Crippen LogP contribution in [0.1, 0.15) is 17.3 Å². The Labute approximate surface area is 158 Å². The van der Waals surface area contributed by atoms with Gasteiger partial charge in [0, 0.05) is 12.1 Å². The molecule has 1 unspecified atom stereocenters. The smallest absolute Gasteiger partial charge is 0.298 e. The predicted molar refractivity (Wildman–Crippen MR) is 96.4 cm³/mol. The maximum absolute atomic E-state index is 12.5. The van der Waals surface area contributed by atoms with Gasteiger partial charge in [0.15, 0.2) is 5.95 Å². The van der Waals surface area contributed by atoms with Crippen molar-refractivity contribution in [2.24, 2.45) is 5.73 Å². The number of thioether (sulfide) groups is 1. The van der Waals surface area contributed by atoms with Crippen LogP contribution in [0, 0.1) is 0 Å². The highest BCUT2D eigenvalue weighted by Gasteiger charge is 2.27. The fraction of sp³-hybridized carbons (Fsp3) is 0.111. The van der Waals surface area contributed by atoms with E-state index in [4.69, 9.17) is 10.3 Å². The summed E-state index contributed by atoms with van der Waals surface area (Å²) >= 11 is 1.01. The first-order chi connectivity index (χ1) is 13.0. The number of nitrogens with one attached hydrogen (secondary N) is 1. The van der Waals surface area contributed by atoms with Crippen LogP contribution in [0.2, 0.25) is 0 Å². The minimum Gasteiger partial charge on any atom is -0.538 e. The molecule has 3 rings (SSSR count). The fourth-order valence-electron chi connectivity index (χ4n) is 2.33. The van der Waals surface area contributed by atoms with Gasteiger partial charge in [-0.05, 0) is 35.5 Å². The number of amides is 2. The summed E-state index contributed by atoms with van der Waals surface area (Å²) in [5.41, 5.74) is 6.47. The molecule has 0 radical (unpaired) electrons. The molecule has 0 bridgehead atoms. The van der Waals surface area contributed by atoms with Crippen LogP contribution in [0.4, 0.5) is 5.69 Å². The second kappa shape index (κ2) is 7.92. The summed E-state index contributed by atoms with van der Waals surface area (Å²) in [6.45, 7) is 1.63. The lowest BCUT2D eigenvalue weighted by Crippen LogP contribution is -2.36. The van der Waals surface area contributed by atoms with Crippen molar-refractivity contribution in [1.82, 2.24) is 5.27 Å². The molecule has 0 aliphatic carbocycles. The van der Waals surface area contributed by atoms with Crippen molar-refractivity contribution < 1.29 is 23.9 Å². The van der Waals surface area contributed by atoms with Crippen LogP contribution in [0.3, 0.4) is 0 Å². The Balaban J connectivity index is 1.79. The molecule has 8 nitrogen and oxygen atoms in total. The van der Waals surface area contributed by atoms with Crippen LogP contribution in [-0.4, -0.2) is 22.3 Å². The summed E-state index contributed by atoms with van der Waals surface area (Å²) in [4.78, 5) is 24.0. The molecule has 0 saturated heterocycles. The molecule has 0 aliphatic rings. The first kappa shape index (κ1) is 18.5. The third-order valence-electron chi connectivity index (χ3n) is 3.68. The maximum atomic E-state index is 12.5. The summed E-state index contributed by atoms with van der Waals surface area (Å²) in [6, 6.07) is 15.4. The Morgan fingerprint density at radius 1 is 1.19 bits per heavy atom. The quantitative estimate of drug-likeness (QED) is 0.487. The SMILES string of the molecule is CC(Sc1c([O-])on[n+]1-c1ccccc1)C(=O)Nc1ccccc1C(N)=O. The van der Waals surface area contributed by atoms with Gasteiger partial charge in [-0.15, -0.1) is 0 Å². The number of primary amides is 1. The van der Waals surface area contributed by atoms with E-state index in [1.165, 1.54) is 10.7 Å². The van der Waals surface area contributed by atoms with E-state index < -0.39 is 23.0 Å². The van der Waals surface area contributed by atoms with Crippen LogP contribution in [0.25, 0.3) is 5.69 Å². The van der Waals surface area contributed by atoms with E-state index in [0.717, 1.165) is 11.8 Å². The zero-order valence-corrected chi connectivity index (χ0v) is 15.1. The van der Waals surface area contributed by atoms with Gasteiger partial charge in [-0.1, -0.05) is 30.3 Å². The van der Waals surface area contributed by atoms with Crippen molar-refractivity contribution in [3.05, 3.63) is 60.2 Å². The molecule has 3 aromatic rings. The van der Waals surface area contributed by atoms with Gasteiger partial charge in [0.25, 0.3) is 10.9 Å². The number of rotatable bonds is 6. The minimum atomic E-state index is -0.659. The number of hydrogen-bond acceptors (Lipinski definition) is 6. The van der Waals surface area contributed by atoms with Crippen molar-refractivity contribution >= 4 is 29.3 Å². The number of carbonyl (C=O) groups excluding carboxylic acids is 2. The summed E-state index contributed by atoms with van der Waals surface area (Å²) in [6.07, 6.45) is 0. The molecule has 0 aliphatic heterocycles. The molecule has 0 fully saturated rings. The number of nitrogens with two attached hydrogens (primary N) is 1. The molecule has 0 spiro atoms. The van der Waals surface area contributed by atoms with Crippen LogP contribution in [-0.2, 0) is 4.79 Å². The number of para-hydroxylation sites is 2. The topological polar surface area (TPSA) is 125 Å². The highest BCUT2D eigenvalue weighted by molar-refractivity contribution is 8.00. The summed E-state index contributed by atoms with van der Waals surface area (Å²) in [7, 11) is 0. The maximum Gasteiger partial charge on any atom is 0.298 e. The predicted octanol–water partition coefficient (Wildman–Crippen LogP) is 1.24. The molecule has 2 amide bonds. The van der Waals surface area contributed by atoms with E-state index in [-0.39, 0.29) is 10.6 Å². The number of aromatic nitrogens is 2. The van der Waals surface area contributed by atoms with Crippen molar-refractivity contribution in [3.8, 4) is 11.6 Å². The van der Waals surface area contributed by atoms with E-state index in [2.05, 4.69) is 10.6 Å². The van der Waals surface area contributed by atoms with Gasteiger partial charge in [-0.3, -0.25) is 9.59 Å². The Hall–Kier alpha value is -3.33. The highest BCUT2D eigenvalue weighted by Crippen LogP contribution is 2.28. The van der Waals surface area contributed by atoms with E-state index in [1.54, 1.807) is 49.4 Å². The van der Waals surface area contributed by atoms with E-state index in [0.29, 0.717) is 11.4 Å². The normalized spacial score (nSPS) is 11.7. The Kier molecular flexibility index (Phi) is 5.41. The molecule has 138 valence electrons. The molecule has 27 heavy (non-hydrogen) atoms. The van der Waals surface area contributed by atoms with Crippen LogP contribution >= 0.6 is 11.8 Å². The molecule has 1 aromatic heterocycles. The van der Waals surface area contributed by atoms with Gasteiger partial charge in [-0.2, -0.15) is 0 Å². The molecular formula is C18H16N4O4S. The second-order valence-corrected chi connectivity index (χ2v) is 6.90. The van der Waals surface area contributed by atoms with E-state index in [1.807, 2.05) is 6.07 Å². The lowest BCUT2D eigenvalue weighted by Gasteiger charge is -2.12. The fourth-order valence-corrected chi connectivity index (χ4v) is 3.21. The largest absolute Gasteiger partial charge is 0.538 e. The molecule has 1 atom stereocenters. The number of nitrogens with zero attached hydrogens (tertiary/aromatic N) is 2. The van der Waals surface area contributed by atoms with E-state index >= 15 is 0 Å². The van der Waals surface area contributed by atoms with E-state index in [9.17, 15) is 14.7 Å². The average molecular weight is 384 g/mol. The van der Waals surface area contributed by atoms with Crippen molar-refractivity contribution in [1.29, 1.82) is 0 Å². The van der Waals surface area contributed by atoms with Gasteiger partial charge >= 0.3 is 0 Å². The van der Waals surface area contributed by atoms with Crippen molar-refractivity contribution in [2.75, 3.05) is 5.32 Å². The Morgan fingerprint density at radius 2 is 1.85 bits per heavy atom. The summed E-state index contributed by atoms with van der Waals surface area (Å²) in [5.74, 6) is -1.68. The lowest BCUT2D eigenvalue weighted by molar-refractivity contribution is -0.705. The minimum absolute atomic E-state index is 0.173. The zero-order valence-electron chi connectivity index (χ0n) is 14.3. The number of anilines is 1.